The topological polar surface area (TPSA) is 85.3 Å². The zero-order valence-electron chi connectivity index (χ0n) is 18.4. The van der Waals surface area contributed by atoms with E-state index in [0.717, 1.165) is 0 Å². The second kappa shape index (κ2) is 9.70. The van der Waals surface area contributed by atoms with Crippen molar-refractivity contribution >= 4 is 45.1 Å². The minimum absolute atomic E-state index is 0.0101. The molecule has 0 bridgehead atoms. The number of anilines is 1. The van der Waals surface area contributed by atoms with E-state index in [1.54, 1.807) is 56.3 Å². The SMILES string of the molecule is CCOc1cc(/C=C2/C(=O)N(c3ccccc3)N=C2C)cc(Cl)c1OS(=O)(=O)c1ccccc1. The van der Waals surface area contributed by atoms with Crippen LogP contribution in [0.15, 0.2) is 88.4 Å². The van der Waals surface area contributed by atoms with Gasteiger partial charge in [0.05, 0.1) is 28.6 Å². The summed E-state index contributed by atoms with van der Waals surface area (Å²) in [6.07, 6.45) is 1.63. The molecular weight excluding hydrogens is 476 g/mol. The molecule has 9 heteroatoms. The summed E-state index contributed by atoms with van der Waals surface area (Å²) in [5, 5.41) is 5.72. The lowest BCUT2D eigenvalue weighted by Crippen LogP contribution is -2.21. The number of hydrazone groups is 1. The summed E-state index contributed by atoms with van der Waals surface area (Å²) in [4.78, 5) is 13.0. The van der Waals surface area contributed by atoms with Gasteiger partial charge in [0.1, 0.15) is 4.90 Å². The van der Waals surface area contributed by atoms with E-state index in [4.69, 9.17) is 20.5 Å². The number of nitrogens with zero attached hydrogens (tertiary/aromatic N) is 2. The Morgan fingerprint density at radius 1 is 1.03 bits per heavy atom. The molecule has 0 aliphatic carbocycles. The molecule has 0 saturated carbocycles. The fraction of sp³-hybridized carbons (Fsp3) is 0.120. The zero-order chi connectivity index (χ0) is 24.3. The van der Waals surface area contributed by atoms with E-state index in [0.29, 0.717) is 22.5 Å². The van der Waals surface area contributed by atoms with Crippen LogP contribution in [0, 0.1) is 0 Å². The predicted octanol–water partition coefficient (Wildman–Crippen LogP) is 5.31. The molecular formula is C25H21ClN2O5S. The van der Waals surface area contributed by atoms with Crippen LogP contribution >= 0.6 is 11.6 Å². The number of amides is 1. The quantitative estimate of drug-likeness (QED) is 0.327. The number of hydrogen-bond acceptors (Lipinski definition) is 6. The van der Waals surface area contributed by atoms with E-state index < -0.39 is 10.1 Å². The maximum atomic E-state index is 13.0. The molecule has 1 aliphatic rings. The van der Waals surface area contributed by atoms with E-state index in [-0.39, 0.29) is 33.9 Å². The van der Waals surface area contributed by atoms with Gasteiger partial charge in [0.15, 0.2) is 5.75 Å². The average molecular weight is 497 g/mol. The first kappa shape index (κ1) is 23.5. The van der Waals surface area contributed by atoms with Crippen LogP contribution in [-0.2, 0) is 14.9 Å². The van der Waals surface area contributed by atoms with Gasteiger partial charge in [0.2, 0.25) is 5.75 Å². The molecule has 0 unspecified atom stereocenters. The summed E-state index contributed by atoms with van der Waals surface area (Å²) in [7, 11) is -4.13. The monoisotopic (exact) mass is 496 g/mol. The molecule has 34 heavy (non-hydrogen) atoms. The van der Waals surface area contributed by atoms with Crippen LogP contribution < -0.4 is 13.9 Å². The maximum Gasteiger partial charge on any atom is 0.339 e. The highest BCUT2D eigenvalue weighted by atomic mass is 35.5. The van der Waals surface area contributed by atoms with Crippen molar-refractivity contribution in [1.82, 2.24) is 0 Å². The number of ether oxygens (including phenoxy) is 1. The van der Waals surface area contributed by atoms with Gasteiger partial charge in [0.25, 0.3) is 5.91 Å². The molecule has 4 rings (SSSR count). The van der Waals surface area contributed by atoms with Crippen molar-refractivity contribution in [2.24, 2.45) is 5.10 Å². The van der Waals surface area contributed by atoms with Crippen LogP contribution in [0.25, 0.3) is 6.08 Å². The maximum absolute atomic E-state index is 13.0. The number of hydrogen-bond donors (Lipinski definition) is 0. The van der Waals surface area contributed by atoms with Gasteiger partial charge in [-0.05, 0) is 61.9 Å². The van der Waals surface area contributed by atoms with Gasteiger partial charge in [-0.3, -0.25) is 4.79 Å². The van der Waals surface area contributed by atoms with E-state index in [9.17, 15) is 13.2 Å². The molecule has 3 aromatic carbocycles. The molecule has 1 heterocycles. The number of benzene rings is 3. The van der Waals surface area contributed by atoms with Crippen molar-refractivity contribution in [3.8, 4) is 11.5 Å². The van der Waals surface area contributed by atoms with Crippen LogP contribution in [0.3, 0.4) is 0 Å². The molecule has 0 radical (unpaired) electrons. The first-order valence-corrected chi connectivity index (χ1v) is 12.2. The Morgan fingerprint density at radius 3 is 2.32 bits per heavy atom. The largest absolute Gasteiger partial charge is 0.490 e. The third-order valence-corrected chi connectivity index (χ3v) is 6.45. The molecule has 0 N–H and O–H groups in total. The number of para-hydroxylation sites is 1. The zero-order valence-corrected chi connectivity index (χ0v) is 20.0. The Kier molecular flexibility index (Phi) is 6.72. The van der Waals surface area contributed by atoms with Crippen molar-refractivity contribution in [1.29, 1.82) is 0 Å². The Morgan fingerprint density at radius 2 is 1.68 bits per heavy atom. The van der Waals surface area contributed by atoms with Crippen LogP contribution in [-0.4, -0.2) is 26.6 Å². The lowest BCUT2D eigenvalue weighted by Gasteiger charge is -2.14. The summed E-state index contributed by atoms with van der Waals surface area (Å²) < 4.78 is 36.4. The van der Waals surface area contributed by atoms with Crippen LogP contribution in [0.2, 0.25) is 5.02 Å². The van der Waals surface area contributed by atoms with Crippen molar-refractivity contribution in [3.05, 3.63) is 89.0 Å². The van der Waals surface area contributed by atoms with E-state index in [1.165, 1.54) is 23.2 Å². The van der Waals surface area contributed by atoms with E-state index in [2.05, 4.69) is 5.10 Å². The molecule has 174 valence electrons. The number of carbonyl (C=O) groups excluding carboxylic acids is 1. The molecule has 1 amide bonds. The third kappa shape index (κ3) is 4.83. The summed E-state index contributed by atoms with van der Waals surface area (Å²) in [6.45, 7) is 3.74. The Hall–Kier alpha value is -3.62. The smallest absolute Gasteiger partial charge is 0.339 e. The molecule has 0 spiro atoms. The highest BCUT2D eigenvalue weighted by Crippen LogP contribution is 2.39. The van der Waals surface area contributed by atoms with Gasteiger partial charge in [-0.25, -0.2) is 0 Å². The van der Waals surface area contributed by atoms with E-state index in [1.807, 2.05) is 18.2 Å². The molecule has 1 aliphatic heterocycles. The number of carbonyl (C=O) groups is 1. The molecule has 0 fully saturated rings. The molecule has 7 nitrogen and oxygen atoms in total. The molecule has 0 saturated heterocycles. The fourth-order valence-corrected chi connectivity index (χ4v) is 4.64. The summed E-state index contributed by atoms with van der Waals surface area (Å²) in [5.41, 5.74) is 2.10. The standard InChI is InChI=1S/C25H21ClN2O5S/c1-3-32-23-16-18(14-21-17(2)27-28(25(21)29)19-10-6-4-7-11-19)15-22(26)24(23)33-34(30,31)20-12-8-5-9-13-20/h4-16H,3H2,1-2H3/b21-14+. The minimum atomic E-state index is -4.13. The van der Waals surface area contributed by atoms with E-state index >= 15 is 0 Å². The predicted molar refractivity (Wildman–Crippen MR) is 132 cm³/mol. The van der Waals surface area contributed by atoms with Gasteiger partial charge in [0, 0.05) is 0 Å². The van der Waals surface area contributed by atoms with Gasteiger partial charge >= 0.3 is 10.1 Å². The van der Waals surface area contributed by atoms with Crippen LogP contribution in [0.4, 0.5) is 5.69 Å². The fourth-order valence-electron chi connectivity index (χ4n) is 3.36. The summed E-state index contributed by atoms with van der Waals surface area (Å²) in [5.74, 6) is -0.269. The second-order valence-corrected chi connectivity index (χ2v) is 9.26. The lowest BCUT2D eigenvalue weighted by atomic mass is 10.1. The first-order valence-electron chi connectivity index (χ1n) is 10.4. The van der Waals surface area contributed by atoms with Gasteiger partial charge in [-0.15, -0.1) is 0 Å². The number of halogens is 1. The third-order valence-electron chi connectivity index (χ3n) is 4.93. The molecule has 0 aromatic heterocycles. The van der Waals surface area contributed by atoms with Crippen molar-refractivity contribution in [3.63, 3.8) is 0 Å². The Balaban J connectivity index is 1.69. The lowest BCUT2D eigenvalue weighted by molar-refractivity contribution is -0.114. The second-order valence-electron chi connectivity index (χ2n) is 7.31. The average Bonchev–Trinajstić information content (AvgIpc) is 3.11. The van der Waals surface area contributed by atoms with Crippen molar-refractivity contribution in [2.75, 3.05) is 11.6 Å². The van der Waals surface area contributed by atoms with Crippen LogP contribution in [0.5, 0.6) is 11.5 Å². The van der Waals surface area contributed by atoms with Gasteiger partial charge in [-0.1, -0.05) is 48.0 Å². The van der Waals surface area contributed by atoms with Crippen LogP contribution in [0.1, 0.15) is 19.4 Å². The Labute approximate surface area is 203 Å². The minimum Gasteiger partial charge on any atom is -0.490 e. The van der Waals surface area contributed by atoms with Gasteiger partial charge in [-0.2, -0.15) is 18.5 Å². The molecule has 0 atom stereocenters. The summed E-state index contributed by atoms with van der Waals surface area (Å²) in [6, 6.07) is 19.9. The highest BCUT2D eigenvalue weighted by molar-refractivity contribution is 7.87. The normalized spacial score (nSPS) is 14.9. The molecule has 3 aromatic rings. The van der Waals surface area contributed by atoms with Crippen molar-refractivity contribution in [2.45, 2.75) is 18.7 Å². The Bertz CT molecular complexity index is 1390. The summed E-state index contributed by atoms with van der Waals surface area (Å²) >= 11 is 6.42. The first-order chi connectivity index (χ1) is 16.3. The highest BCUT2D eigenvalue weighted by Gasteiger charge is 2.29. The van der Waals surface area contributed by atoms with Gasteiger partial charge < -0.3 is 8.92 Å². The van der Waals surface area contributed by atoms with Crippen molar-refractivity contribution < 1.29 is 22.1 Å². The number of rotatable bonds is 7.